The van der Waals surface area contributed by atoms with Crippen LogP contribution in [-0.4, -0.2) is 18.6 Å². The van der Waals surface area contributed by atoms with Crippen LogP contribution in [-0.2, 0) is 10.2 Å². The lowest BCUT2D eigenvalue weighted by Crippen LogP contribution is -2.55. The molecule has 3 aliphatic heterocycles. The standard InChI is InChI=1S/C24H23N3O5/c1-11-9-23(3,4)27-19-14(11)7-13(30-5)8-15(19)24(22(27)29)16(10-25)20(26)32-17-6-12(2)31-21(28)18(17)24/h6-8,11H,9,26H2,1-5H3. The molecule has 3 aliphatic rings. The molecule has 2 unspecified atom stereocenters. The van der Waals surface area contributed by atoms with Crippen molar-refractivity contribution in [3.8, 4) is 17.6 Å². The summed E-state index contributed by atoms with van der Waals surface area (Å²) in [6, 6.07) is 7.20. The van der Waals surface area contributed by atoms with Crippen LogP contribution in [0.15, 0.2) is 38.9 Å². The summed E-state index contributed by atoms with van der Waals surface area (Å²) in [6.45, 7) is 7.66. The smallest absolute Gasteiger partial charge is 0.344 e. The summed E-state index contributed by atoms with van der Waals surface area (Å²) in [4.78, 5) is 29.3. The van der Waals surface area contributed by atoms with Crippen molar-refractivity contribution in [2.75, 3.05) is 12.0 Å². The Labute approximate surface area is 184 Å². The molecule has 0 saturated carbocycles. The SMILES string of the molecule is COc1cc2c3c(c1)C1(C(=O)N3C(C)(C)CC2C)C(C#N)=C(N)Oc2cc(C)oc(=O)c21. The molecule has 0 saturated heterocycles. The first-order valence-corrected chi connectivity index (χ1v) is 10.4. The fourth-order valence-electron chi connectivity index (χ4n) is 5.67. The van der Waals surface area contributed by atoms with Crippen LogP contribution in [0.3, 0.4) is 0 Å². The number of hydrogen-bond acceptors (Lipinski definition) is 7. The van der Waals surface area contributed by atoms with Gasteiger partial charge in [0.05, 0.1) is 12.8 Å². The molecule has 2 N–H and O–H groups in total. The molecule has 0 bridgehead atoms. The number of aryl methyl sites for hydroxylation is 1. The summed E-state index contributed by atoms with van der Waals surface area (Å²) in [5.41, 5.74) is 5.04. The van der Waals surface area contributed by atoms with Gasteiger partial charge in [-0.15, -0.1) is 0 Å². The number of anilines is 1. The van der Waals surface area contributed by atoms with E-state index in [1.807, 2.05) is 19.9 Å². The van der Waals surface area contributed by atoms with Gasteiger partial charge in [-0.3, -0.25) is 4.79 Å². The van der Waals surface area contributed by atoms with Crippen molar-refractivity contribution in [3.05, 3.63) is 62.5 Å². The number of benzene rings is 1. The lowest BCUT2D eigenvalue weighted by molar-refractivity contribution is -0.122. The molecule has 8 nitrogen and oxygen atoms in total. The van der Waals surface area contributed by atoms with Gasteiger partial charge in [0.15, 0.2) is 5.41 Å². The molecule has 2 aromatic rings. The van der Waals surface area contributed by atoms with Crippen molar-refractivity contribution in [2.45, 2.75) is 51.0 Å². The van der Waals surface area contributed by atoms with Gasteiger partial charge in [-0.05, 0) is 50.8 Å². The second-order valence-corrected chi connectivity index (χ2v) is 9.26. The highest BCUT2D eigenvalue weighted by Gasteiger charge is 2.64. The van der Waals surface area contributed by atoms with E-state index in [1.165, 1.54) is 13.2 Å². The zero-order valence-corrected chi connectivity index (χ0v) is 18.5. The molecule has 2 atom stereocenters. The number of carbonyl (C=O) groups excluding carboxylic acids is 1. The van der Waals surface area contributed by atoms with E-state index in [9.17, 15) is 14.9 Å². The molecule has 4 heterocycles. The molecule has 0 fully saturated rings. The monoisotopic (exact) mass is 433 g/mol. The molecule has 0 aliphatic carbocycles. The van der Waals surface area contributed by atoms with Gasteiger partial charge >= 0.3 is 5.63 Å². The van der Waals surface area contributed by atoms with Crippen molar-refractivity contribution >= 4 is 11.6 Å². The average Bonchev–Trinajstić information content (AvgIpc) is 2.95. The first-order valence-electron chi connectivity index (χ1n) is 10.4. The van der Waals surface area contributed by atoms with Crippen molar-refractivity contribution in [1.29, 1.82) is 5.26 Å². The fraction of sp³-hybridized carbons (Fsp3) is 0.375. The highest BCUT2D eigenvalue weighted by atomic mass is 16.5. The summed E-state index contributed by atoms with van der Waals surface area (Å²) in [5, 5.41) is 10.2. The predicted octanol–water partition coefficient (Wildman–Crippen LogP) is 2.96. The van der Waals surface area contributed by atoms with Gasteiger partial charge in [-0.1, -0.05) is 6.92 Å². The van der Waals surface area contributed by atoms with Crippen LogP contribution in [0.4, 0.5) is 5.69 Å². The van der Waals surface area contributed by atoms with Gasteiger partial charge in [-0.25, -0.2) is 4.79 Å². The van der Waals surface area contributed by atoms with Gasteiger partial charge < -0.3 is 24.5 Å². The van der Waals surface area contributed by atoms with Crippen LogP contribution in [0.1, 0.15) is 55.6 Å². The number of nitriles is 1. The van der Waals surface area contributed by atoms with Crippen LogP contribution in [0.5, 0.6) is 11.5 Å². The minimum absolute atomic E-state index is 0.0350. The van der Waals surface area contributed by atoms with E-state index >= 15 is 0 Å². The van der Waals surface area contributed by atoms with Crippen molar-refractivity contribution in [2.24, 2.45) is 5.73 Å². The van der Waals surface area contributed by atoms with E-state index in [0.29, 0.717) is 29.2 Å². The highest BCUT2D eigenvalue weighted by Crippen LogP contribution is 2.60. The Kier molecular flexibility index (Phi) is 3.89. The molecule has 164 valence electrons. The molecule has 1 aromatic heterocycles. The van der Waals surface area contributed by atoms with Crippen LogP contribution in [0, 0.1) is 18.3 Å². The number of methoxy groups -OCH3 is 1. The van der Waals surface area contributed by atoms with Crippen LogP contribution in [0.25, 0.3) is 0 Å². The van der Waals surface area contributed by atoms with E-state index in [-0.39, 0.29) is 28.7 Å². The lowest BCUT2D eigenvalue weighted by atomic mass is 9.69. The topological polar surface area (TPSA) is 119 Å². The normalized spacial score (nSPS) is 24.7. The molecular formula is C24H23N3O5. The Morgan fingerprint density at radius 3 is 2.66 bits per heavy atom. The minimum atomic E-state index is -1.78. The van der Waals surface area contributed by atoms with Crippen LogP contribution in [0.2, 0.25) is 0 Å². The molecule has 1 aromatic carbocycles. The Morgan fingerprint density at radius 2 is 2.00 bits per heavy atom. The Bertz CT molecular complexity index is 1350. The summed E-state index contributed by atoms with van der Waals surface area (Å²) < 4.78 is 16.6. The van der Waals surface area contributed by atoms with E-state index in [0.717, 1.165) is 5.56 Å². The van der Waals surface area contributed by atoms with Gasteiger partial charge in [-0.2, -0.15) is 5.26 Å². The number of nitrogens with two attached hydrogens (primary N) is 1. The maximum absolute atomic E-state index is 14.4. The third kappa shape index (κ3) is 2.20. The largest absolute Gasteiger partial charge is 0.497 e. The number of ether oxygens (including phenoxy) is 2. The van der Waals surface area contributed by atoms with E-state index in [4.69, 9.17) is 19.6 Å². The number of amides is 1. The van der Waals surface area contributed by atoms with E-state index in [2.05, 4.69) is 13.0 Å². The second kappa shape index (κ2) is 6.16. The summed E-state index contributed by atoms with van der Waals surface area (Å²) >= 11 is 0. The number of rotatable bonds is 1. The molecule has 5 rings (SSSR count). The van der Waals surface area contributed by atoms with Crippen LogP contribution < -0.4 is 25.7 Å². The van der Waals surface area contributed by atoms with Crippen molar-refractivity contribution < 1.29 is 18.7 Å². The lowest BCUT2D eigenvalue weighted by Gasteiger charge is -2.44. The first-order chi connectivity index (χ1) is 15.1. The number of hydrogen-bond donors (Lipinski definition) is 1. The summed E-state index contributed by atoms with van der Waals surface area (Å²) in [5.74, 6) is 0.447. The van der Waals surface area contributed by atoms with Crippen molar-refractivity contribution in [1.82, 2.24) is 0 Å². The zero-order chi connectivity index (χ0) is 23.2. The second-order valence-electron chi connectivity index (χ2n) is 9.26. The Balaban J connectivity index is 2.02. The van der Waals surface area contributed by atoms with Gasteiger partial charge in [0.2, 0.25) is 11.8 Å². The molecule has 1 amide bonds. The van der Waals surface area contributed by atoms with E-state index < -0.39 is 22.5 Å². The highest BCUT2D eigenvalue weighted by molar-refractivity contribution is 6.16. The third-order valence-corrected chi connectivity index (χ3v) is 6.81. The molecule has 32 heavy (non-hydrogen) atoms. The van der Waals surface area contributed by atoms with Gasteiger partial charge in [0, 0.05) is 17.2 Å². The molecule has 0 radical (unpaired) electrons. The minimum Gasteiger partial charge on any atom is -0.497 e. The first kappa shape index (κ1) is 20.2. The number of nitrogens with zero attached hydrogens (tertiary/aromatic N) is 2. The maximum atomic E-state index is 14.4. The quantitative estimate of drug-likeness (QED) is 0.734. The molecule has 8 heteroatoms. The maximum Gasteiger partial charge on any atom is 0.344 e. The fourth-order valence-corrected chi connectivity index (χ4v) is 5.67. The molecule has 1 spiro atoms. The van der Waals surface area contributed by atoms with Gasteiger partial charge in [0.1, 0.15) is 34.5 Å². The Hall–Kier alpha value is -3.73. The third-order valence-electron chi connectivity index (χ3n) is 6.81. The zero-order valence-electron chi connectivity index (χ0n) is 18.5. The number of carbonyl (C=O) groups is 1. The summed E-state index contributed by atoms with van der Waals surface area (Å²) in [6.07, 6.45) is 0.696. The average molecular weight is 433 g/mol. The van der Waals surface area contributed by atoms with Crippen molar-refractivity contribution in [3.63, 3.8) is 0 Å². The predicted molar refractivity (Wildman–Crippen MR) is 116 cm³/mol. The molecular weight excluding hydrogens is 410 g/mol. The van der Waals surface area contributed by atoms with E-state index in [1.54, 1.807) is 17.9 Å². The Morgan fingerprint density at radius 1 is 1.28 bits per heavy atom. The summed E-state index contributed by atoms with van der Waals surface area (Å²) in [7, 11) is 1.54. The van der Waals surface area contributed by atoms with Gasteiger partial charge in [0.25, 0.3) is 0 Å². The van der Waals surface area contributed by atoms with Crippen LogP contribution >= 0.6 is 0 Å². The number of fused-ring (bicyclic) bond motifs is 3.